The first-order valence-corrected chi connectivity index (χ1v) is 6.94. The summed E-state index contributed by atoms with van der Waals surface area (Å²) in [5.41, 5.74) is 5.70. The SMILES string of the molecule is Cc1nc(N)c2ncn(C3O[C@H](CO)[C@@](C)(CO)C3O)c2n1. The number of aromatic nitrogens is 4. The summed E-state index contributed by atoms with van der Waals surface area (Å²) in [5, 5.41) is 29.6. The molecule has 3 heterocycles. The molecule has 0 saturated carbocycles. The van der Waals surface area contributed by atoms with Crippen LogP contribution in [0, 0.1) is 12.3 Å². The molecule has 0 aliphatic carbocycles. The van der Waals surface area contributed by atoms with Crippen molar-refractivity contribution in [2.75, 3.05) is 18.9 Å². The Bertz CT molecular complexity index is 705. The molecule has 22 heavy (non-hydrogen) atoms. The monoisotopic (exact) mass is 309 g/mol. The molecule has 1 saturated heterocycles. The van der Waals surface area contributed by atoms with Gasteiger partial charge in [-0.25, -0.2) is 15.0 Å². The number of imidazole rings is 1. The van der Waals surface area contributed by atoms with Gasteiger partial charge in [-0.2, -0.15) is 0 Å². The van der Waals surface area contributed by atoms with Crippen molar-refractivity contribution in [1.82, 2.24) is 19.5 Å². The van der Waals surface area contributed by atoms with Crippen molar-refractivity contribution >= 4 is 17.0 Å². The predicted molar refractivity (Wildman–Crippen MR) is 76.7 cm³/mol. The largest absolute Gasteiger partial charge is 0.396 e. The summed E-state index contributed by atoms with van der Waals surface area (Å²) in [4.78, 5) is 12.5. The molecule has 0 amide bonds. The van der Waals surface area contributed by atoms with E-state index in [1.807, 2.05) is 0 Å². The topological polar surface area (TPSA) is 140 Å². The van der Waals surface area contributed by atoms with Crippen LogP contribution in [0.5, 0.6) is 0 Å². The molecule has 120 valence electrons. The Morgan fingerprint density at radius 1 is 1.41 bits per heavy atom. The molecule has 2 unspecified atom stereocenters. The number of nitrogens with zero attached hydrogens (tertiary/aromatic N) is 4. The molecule has 1 aliphatic heterocycles. The summed E-state index contributed by atoms with van der Waals surface area (Å²) in [6, 6.07) is 0. The maximum Gasteiger partial charge on any atom is 0.167 e. The normalized spacial score (nSPS) is 32.0. The van der Waals surface area contributed by atoms with Crippen LogP contribution in [0.25, 0.3) is 11.2 Å². The highest BCUT2D eigenvalue weighted by atomic mass is 16.5. The third-order valence-electron chi connectivity index (χ3n) is 4.33. The van der Waals surface area contributed by atoms with Crippen molar-refractivity contribution in [2.24, 2.45) is 5.41 Å². The Morgan fingerprint density at radius 3 is 2.73 bits per heavy atom. The van der Waals surface area contributed by atoms with Crippen molar-refractivity contribution < 1.29 is 20.1 Å². The maximum atomic E-state index is 10.6. The van der Waals surface area contributed by atoms with Crippen molar-refractivity contribution in [1.29, 1.82) is 0 Å². The van der Waals surface area contributed by atoms with Crippen molar-refractivity contribution in [3.8, 4) is 0 Å². The average Bonchev–Trinajstić information content (AvgIpc) is 3.00. The van der Waals surface area contributed by atoms with Gasteiger partial charge in [-0.1, -0.05) is 6.92 Å². The second kappa shape index (κ2) is 5.13. The molecule has 0 bridgehead atoms. The van der Waals surface area contributed by atoms with Crippen LogP contribution in [0.2, 0.25) is 0 Å². The van der Waals surface area contributed by atoms with Gasteiger partial charge in [0.25, 0.3) is 0 Å². The van der Waals surface area contributed by atoms with Crippen molar-refractivity contribution in [3.63, 3.8) is 0 Å². The Morgan fingerprint density at radius 2 is 2.14 bits per heavy atom. The van der Waals surface area contributed by atoms with Crippen LogP contribution < -0.4 is 5.73 Å². The number of ether oxygens (including phenoxy) is 1. The van der Waals surface area contributed by atoms with Crippen LogP contribution in [-0.2, 0) is 4.74 Å². The van der Waals surface area contributed by atoms with E-state index in [1.54, 1.807) is 18.4 Å². The minimum Gasteiger partial charge on any atom is -0.396 e. The van der Waals surface area contributed by atoms with E-state index < -0.39 is 23.9 Å². The van der Waals surface area contributed by atoms with Crippen LogP contribution in [0.4, 0.5) is 5.82 Å². The zero-order chi connectivity index (χ0) is 16.1. The third kappa shape index (κ3) is 1.97. The van der Waals surface area contributed by atoms with E-state index in [4.69, 9.17) is 10.5 Å². The van der Waals surface area contributed by atoms with E-state index in [0.717, 1.165) is 0 Å². The van der Waals surface area contributed by atoms with Crippen molar-refractivity contribution in [2.45, 2.75) is 32.3 Å². The second-order valence-corrected chi connectivity index (χ2v) is 5.79. The Labute approximate surface area is 126 Å². The molecule has 0 spiro atoms. The van der Waals surface area contributed by atoms with Crippen LogP contribution in [0.15, 0.2) is 6.33 Å². The minimum absolute atomic E-state index is 0.248. The lowest BCUT2D eigenvalue weighted by atomic mass is 9.81. The zero-order valence-electron chi connectivity index (χ0n) is 12.3. The van der Waals surface area contributed by atoms with E-state index >= 15 is 0 Å². The molecule has 5 N–H and O–H groups in total. The van der Waals surface area contributed by atoms with Crippen LogP contribution in [0.3, 0.4) is 0 Å². The minimum atomic E-state index is -1.04. The van der Waals surface area contributed by atoms with Gasteiger partial charge in [0, 0.05) is 5.41 Å². The van der Waals surface area contributed by atoms with Gasteiger partial charge in [-0.15, -0.1) is 0 Å². The summed E-state index contributed by atoms with van der Waals surface area (Å²) in [5.74, 6) is 0.722. The summed E-state index contributed by atoms with van der Waals surface area (Å²) >= 11 is 0. The fraction of sp³-hybridized carbons (Fsp3) is 0.615. The van der Waals surface area contributed by atoms with Gasteiger partial charge < -0.3 is 25.8 Å². The Kier molecular flexibility index (Phi) is 3.52. The van der Waals surface area contributed by atoms with E-state index in [2.05, 4.69) is 15.0 Å². The molecule has 0 aromatic carbocycles. The summed E-state index contributed by atoms with van der Waals surface area (Å²) in [6.07, 6.45) is -1.10. The number of aliphatic hydroxyl groups is 3. The predicted octanol–water partition coefficient (Wildman–Crippen LogP) is -1.03. The maximum absolute atomic E-state index is 10.6. The van der Waals surface area contributed by atoms with Crippen LogP contribution in [-0.4, -0.2) is 60.3 Å². The number of anilines is 1. The molecule has 4 atom stereocenters. The molecule has 0 radical (unpaired) electrons. The number of hydrogen-bond acceptors (Lipinski definition) is 8. The highest BCUT2D eigenvalue weighted by molar-refractivity contribution is 5.81. The fourth-order valence-electron chi connectivity index (χ4n) is 2.82. The molecule has 1 aliphatic rings. The van der Waals surface area contributed by atoms with Crippen LogP contribution in [0.1, 0.15) is 19.0 Å². The van der Waals surface area contributed by atoms with Gasteiger partial charge in [-0.3, -0.25) is 4.57 Å². The third-order valence-corrected chi connectivity index (χ3v) is 4.33. The van der Waals surface area contributed by atoms with Gasteiger partial charge in [0.2, 0.25) is 0 Å². The lowest BCUT2D eigenvalue weighted by molar-refractivity contribution is -0.0539. The first-order valence-electron chi connectivity index (χ1n) is 6.94. The van der Waals surface area contributed by atoms with Gasteiger partial charge in [-0.05, 0) is 6.92 Å². The van der Waals surface area contributed by atoms with E-state index in [9.17, 15) is 15.3 Å². The first kappa shape index (κ1) is 15.1. The standard InChI is InChI=1S/C13H19N5O4/c1-6-16-10(14)8-11(17-6)18(5-15-8)12-9(21)13(2,4-20)7(3-19)22-12/h5,7,9,12,19-21H,3-4H2,1-2H3,(H2,14,16,17)/t7-,9?,12?,13-/m1/s1. The number of aliphatic hydroxyl groups excluding tert-OH is 3. The Hall–Kier alpha value is -1.81. The molecule has 1 fully saturated rings. The van der Waals surface area contributed by atoms with E-state index in [1.165, 1.54) is 6.33 Å². The van der Waals surface area contributed by atoms with Crippen LogP contribution >= 0.6 is 0 Å². The molecular formula is C13H19N5O4. The summed E-state index contributed by atoms with van der Waals surface area (Å²) < 4.78 is 7.27. The second-order valence-electron chi connectivity index (χ2n) is 5.79. The number of hydrogen-bond donors (Lipinski definition) is 4. The van der Waals surface area contributed by atoms with E-state index in [-0.39, 0.29) is 19.0 Å². The fourth-order valence-corrected chi connectivity index (χ4v) is 2.82. The highest BCUT2D eigenvalue weighted by Crippen LogP contribution is 2.43. The molecule has 9 nitrogen and oxygen atoms in total. The number of rotatable bonds is 3. The van der Waals surface area contributed by atoms with E-state index in [0.29, 0.717) is 17.0 Å². The number of aryl methyl sites for hydroxylation is 1. The molecule has 2 aromatic heterocycles. The van der Waals surface area contributed by atoms with Gasteiger partial charge in [0.05, 0.1) is 25.6 Å². The highest BCUT2D eigenvalue weighted by Gasteiger charge is 2.53. The number of fused-ring (bicyclic) bond motifs is 1. The molecule has 3 rings (SSSR count). The Balaban J connectivity index is 2.09. The lowest BCUT2D eigenvalue weighted by Gasteiger charge is -2.29. The van der Waals surface area contributed by atoms with Gasteiger partial charge >= 0.3 is 0 Å². The molecule has 2 aromatic rings. The average molecular weight is 309 g/mol. The first-order chi connectivity index (χ1) is 10.4. The number of nitrogen functional groups attached to an aromatic ring is 1. The van der Waals surface area contributed by atoms with Gasteiger partial charge in [0.15, 0.2) is 17.7 Å². The molecular weight excluding hydrogens is 290 g/mol. The smallest absolute Gasteiger partial charge is 0.167 e. The molecule has 9 heteroatoms. The van der Waals surface area contributed by atoms with Gasteiger partial charge in [0.1, 0.15) is 17.4 Å². The lowest BCUT2D eigenvalue weighted by Crippen LogP contribution is -2.42. The quantitative estimate of drug-likeness (QED) is 0.564. The van der Waals surface area contributed by atoms with Crippen molar-refractivity contribution in [3.05, 3.63) is 12.2 Å². The zero-order valence-corrected chi connectivity index (χ0v) is 12.3. The summed E-state index contributed by atoms with van der Waals surface area (Å²) in [7, 11) is 0. The summed E-state index contributed by atoms with van der Waals surface area (Å²) in [6.45, 7) is 2.73. The number of nitrogens with two attached hydrogens (primary N) is 1.